The van der Waals surface area contributed by atoms with E-state index in [0.717, 1.165) is 83.5 Å². The lowest BCUT2D eigenvalue weighted by Crippen LogP contribution is -2.29. The molecule has 0 aliphatic carbocycles. The van der Waals surface area contributed by atoms with Crippen LogP contribution in [0.25, 0.3) is 0 Å². The minimum absolute atomic E-state index is 0.161. The minimum Gasteiger partial charge on any atom is -0.462 e. The molecule has 2 N–H and O–H groups in total. The van der Waals surface area contributed by atoms with Crippen molar-refractivity contribution in [3.8, 4) is 0 Å². The molecular formula is C45H73O8P. The van der Waals surface area contributed by atoms with Gasteiger partial charge in [0, 0.05) is 12.8 Å². The Morgan fingerprint density at radius 1 is 0.481 bits per heavy atom. The highest BCUT2D eigenvalue weighted by molar-refractivity contribution is 7.46. The van der Waals surface area contributed by atoms with Crippen molar-refractivity contribution in [2.24, 2.45) is 0 Å². The predicted molar refractivity (Wildman–Crippen MR) is 225 cm³/mol. The van der Waals surface area contributed by atoms with Gasteiger partial charge in [-0.05, 0) is 96.3 Å². The van der Waals surface area contributed by atoms with Crippen LogP contribution < -0.4 is 0 Å². The number of esters is 2. The molecule has 0 aromatic rings. The van der Waals surface area contributed by atoms with Crippen LogP contribution in [0.3, 0.4) is 0 Å². The van der Waals surface area contributed by atoms with Gasteiger partial charge in [-0.15, -0.1) is 0 Å². The molecule has 0 rings (SSSR count). The maximum atomic E-state index is 12.4. The van der Waals surface area contributed by atoms with E-state index >= 15 is 0 Å². The first-order valence-corrected chi connectivity index (χ1v) is 22.1. The highest BCUT2D eigenvalue weighted by atomic mass is 31.2. The summed E-state index contributed by atoms with van der Waals surface area (Å²) in [6, 6.07) is 0. The van der Waals surface area contributed by atoms with Crippen LogP contribution in [0.2, 0.25) is 0 Å². The maximum absolute atomic E-state index is 12.4. The van der Waals surface area contributed by atoms with Gasteiger partial charge in [-0.1, -0.05) is 143 Å². The highest BCUT2D eigenvalue weighted by Crippen LogP contribution is 2.36. The smallest absolute Gasteiger partial charge is 0.462 e. The molecule has 1 atom stereocenters. The lowest BCUT2D eigenvalue weighted by atomic mass is 10.1. The second-order valence-electron chi connectivity index (χ2n) is 13.2. The molecule has 0 aromatic carbocycles. The van der Waals surface area contributed by atoms with Gasteiger partial charge in [0.05, 0.1) is 6.61 Å². The minimum atomic E-state index is -4.78. The third kappa shape index (κ3) is 41.7. The van der Waals surface area contributed by atoms with E-state index in [1.165, 1.54) is 32.1 Å². The Morgan fingerprint density at radius 3 is 1.28 bits per heavy atom. The number of unbranched alkanes of at least 4 members (excludes halogenated alkanes) is 10. The second-order valence-corrected chi connectivity index (χ2v) is 14.5. The average Bonchev–Trinajstić information content (AvgIpc) is 3.14. The molecule has 0 radical (unpaired) electrons. The van der Waals surface area contributed by atoms with Crippen LogP contribution in [0.5, 0.6) is 0 Å². The van der Waals surface area contributed by atoms with E-state index in [1.54, 1.807) is 0 Å². The first-order valence-electron chi connectivity index (χ1n) is 20.5. The Balaban J connectivity index is 4.09. The maximum Gasteiger partial charge on any atom is 0.469 e. The van der Waals surface area contributed by atoms with Gasteiger partial charge in [0.1, 0.15) is 6.61 Å². The van der Waals surface area contributed by atoms with Gasteiger partial charge < -0.3 is 19.3 Å². The molecule has 0 aromatic heterocycles. The third-order valence-electron chi connectivity index (χ3n) is 8.06. The fraction of sp³-hybridized carbons (Fsp3) is 0.600. The standard InChI is InChI=1S/C45H73O8P/c1-3-5-7-9-11-13-15-17-19-21-22-24-25-27-29-31-33-35-37-39-44(46)51-41-43(42-52-54(48,49)50)53-45(47)40-38-36-34-32-30-28-26-23-20-18-16-14-12-10-8-6-4-2/h8,10-11,13-14,16-17,19-20,22-24,27-30,43H,3-7,9,12,15,18,21,25-26,31-42H2,1-2H3,(H2,48,49,50)/b10-8+,13-11+,16-14+,19-17+,23-20+,24-22+,29-27+,30-28+/t43-/m1/s1. The number of allylic oxidation sites excluding steroid dienone is 16. The summed E-state index contributed by atoms with van der Waals surface area (Å²) < 4.78 is 26.3. The van der Waals surface area contributed by atoms with Crippen LogP contribution in [0.1, 0.15) is 155 Å². The summed E-state index contributed by atoms with van der Waals surface area (Å²) in [5, 5.41) is 0. The molecule has 0 amide bonds. The fourth-order valence-corrected chi connectivity index (χ4v) is 5.35. The van der Waals surface area contributed by atoms with Gasteiger partial charge in [-0.2, -0.15) is 0 Å². The van der Waals surface area contributed by atoms with Gasteiger partial charge >= 0.3 is 19.8 Å². The quantitative estimate of drug-likeness (QED) is 0.0280. The number of rotatable bonds is 36. The van der Waals surface area contributed by atoms with Crippen molar-refractivity contribution in [1.82, 2.24) is 0 Å². The van der Waals surface area contributed by atoms with E-state index in [-0.39, 0.29) is 19.4 Å². The first-order chi connectivity index (χ1) is 26.3. The van der Waals surface area contributed by atoms with Crippen molar-refractivity contribution >= 4 is 19.8 Å². The van der Waals surface area contributed by atoms with E-state index in [0.29, 0.717) is 12.8 Å². The summed E-state index contributed by atoms with van der Waals surface area (Å²) in [6.07, 6.45) is 54.1. The largest absolute Gasteiger partial charge is 0.469 e. The molecule has 0 aliphatic heterocycles. The number of carbonyl (C=O) groups is 2. The normalized spacial score (nSPS) is 13.5. The second kappa shape index (κ2) is 39.7. The van der Waals surface area contributed by atoms with E-state index in [9.17, 15) is 14.2 Å². The van der Waals surface area contributed by atoms with Crippen molar-refractivity contribution in [3.63, 3.8) is 0 Å². The van der Waals surface area contributed by atoms with Gasteiger partial charge in [0.2, 0.25) is 0 Å². The van der Waals surface area contributed by atoms with Gasteiger partial charge in [-0.25, -0.2) is 4.57 Å². The SMILES string of the molecule is CCC/C=C/C/C=C/C/C=C/C/C=C/CCCCCC(=O)O[C@H](COC(=O)CCCCC/C=C/C/C=C/C/C=C/C/C=C/CCCCC)COP(=O)(O)O. The average molecular weight is 773 g/mol. The number of hydrogen-bond donors (Lipinski definition) is 2. The van der Waals surface area contributed by atoms with Crippen LogP contribution in [0.15, 0.2) is 97.2 Å². The monoisotopic (exact) mass is 773 g/mol. The van der Waals surface area contributed by atoms with Gasteiger partial charge in [0.25, 0.3) is 0 Å². The van der Waals surface area contributed by atoms with Crippen molar-refractivity contribution in [2.75, 3.05) is 13.2 Å². The van der Waals surface area contributed by atoms with Gasteiger partial charge in [-0.3, -0.25) is 14.1 Å². The van der Waals surface area contributed by atoms with Gasteiger partial charge in [0.15, 0.2) is 6.10 Å². The summed E-state index contributed by atoms with van der Waals surface area (Å²) in [5.41, 5.74) is 0. The topological polar surface area (TPSA) is 119 Å². The highest BCUT2D eigenvalue weighted by Gasteiger charge is 2.22. The van der Waals surface area contributed by atoms with E-state index in [4.69, 9.17) is 19.3 Å². The molecule has 306 valence electrons. The Hall–Kier alpha value is -3.03. The van der Waals surface area contributed by atoms with Crippen LogP contribution in [-0.4, -0.2) is 41.0 Å². The van der Waals surface area contributed by atoms with Crippen LogP contribution in [0.4, 0.5) is 0 Å². The molecule has 0 saturated carbocycles. The summed E-state index contributed by atoms with van der Waals surface area (Å²) in [5.74, 6) is -0.968. The molecule has 8 nitrogen and oxygen atoms in total. The molecule has 0 aliphatic rings. The molecule has 54 heavy (non-hydrogen) atoms. The fourth-order valence-electron chi connectivity index (χ4n) is 4.99. The molecule has 0 spiro atoms. The Labute approximate surface area is 328 Å². The van der Waals surface area contributed by atoms with Crippen molar-refractivity contribution < 1.29 is 37.9 Å². The molecule has 0 heterocycles. The van der Waals surface area contributed by atoms with Crippen LogP contribution >= 0.6 is 7.82 Å². The zero-order chi connectivity index (χ0) is 39.6. The lowest BCUT2D eigenvalue weighted by Gasteiger charge is -2.18. The zero-order valence-corrected chi connectivity index (χ0v) is 34.5. The van der Waals surface area contributed by atoms with E-state index in [1.807, 2.05) is 0 Å². The molecule has 0 unspecified atom stereocenters. The summed E-state index contributed by atoms with van der Waals surface area (Å²) in [7, 11) is -4.78. The molecule has 9 heteroatoms. The first kappa shape index (κ1) is 51.0. The Morgan fingerprint density at radius 2 is 0.870 bits per heavy atom. The molecular weight excluding hydrogens is 699 g/mol. The number of phosphoric ester groups is 1. The number of ether oxygens (including phenoxy) is 2. The van der Waals surface area contributed by atoms with Crippen LogP contribution in [0, 0.1) is 0 Å². The zero-order valence-electron chi connectivity index (χ0n) is 33.6. The van der Waals surface area contributed by atoms with Crippen molar-refractivity contribution in [1.29, 1.82) is 0 Å². The molecule has 0 fully saturated rings. The Kier molecular flexibility index (Phi) is 37.4. The van der Waals surface area contributed by atoms with E-state index in [2.05, 4.69) is 116 Å². The van der Waals surface area contributed by atoms with Crippen molar-refractivity contribution in [2.45, 2.75) is 161 Å². The summed E-state index contributed by atoms with van der Waals surface area (Å²) >= 11 is 0. The summed E-state index contributed by atoms with van der Waals surface area (Å²) in [6.45, 7) is 3.52. The van der Waals surface area contributed by atoms with E-state index < -0.39 is 32.5 Å². The number of phosphoric acid groups is 1. The predicted octanol–water partition coefficient (Wildman–Crippen LogP) is 12.6. The third-order valence-corrected chi connectivity index (χ3v) is 8.54. The Bertz CT molecular complexity index is 1190. The number of carbonyl (C=O) groups excluding carboxylic acids is 2. The van der Waals surface area contributed by atoms with Crippen LogP contribution in [-0.2, 0) is 28.2 Å². The molecule has 0 bridgehead atoms. The molecule has 0 saturated heterocycles. The van der Waals surface area contributed by atoms with Crippen molar-refractivity contribution in [3.05, 3.63) is 97.2 Å². The number of hydrogen-bond acceptors (Lipinski definition) is 6. The lowest BCUT2D eigenvalue weighted by molar-refractivity contribution is -0.161. The summed E-state index contributed by atoms with van der Waals surface area (Å²) in [4.78, 5) is 42.8.